The maximum atomic E-state index is 10.3. The standard InChI is InChI=1S/C8H11N3O2/c1-6(11(12)13)4-8-5-9-10(3)7(8)2/h4-5H,1-3H3. The largest absolute Gasteiger partial charge is 0.272 e. The lowest BCUT2D eigenvalue weighted by molar-refractivity contribution is -0.422. The Morgan fingerprint density at radius 1 is 1.77 bits per heavy atom. The van der Waals surface area contributed by atoms with Crippen LogP contribution < -0.4 is 0 Å². The smallest absolute Gasteiger partial charge is 0.243 e. The van der Waals surface area contributed by atoms with Crippen LogP contribution >= 0.6 is 0 Å². The molecule has 5 nitrogen and oxygen atoms in total. The summed E-state index contributed by atoms with van der Waals surface area (Å²) in [5.74, 6) is 0. The molecule has 0 N–H and O–H groups in total. The lowest BCUT2D eigenvalue weighted by Gasteiger charge is -1.93. The summed E-state index contributed by atoms with van der Waals surface area (Å²) in [5.41, 5.74) is 1.83. The second-order valence-electron chi connectivity index (χ2n) is 2.85. The molecule has 0 saturated heterocycles. The first-order valence-electron chi connectivity index (χ1n) is 3.83. The predicted molar refractivity (Wildman–Crippen MR) is 48.6 cm³/mol. The second-order valence-corrected chi connectivity index (χ2v) is 2.85. The van der Waals surface area contributed by atoms with E-state index in [1.54, 1.807) is 17.9 Å². The molecule has 0 aromatic carbocycles. The van der Waals surface area contributed by atoms with Crippen molar-refractivity contribution < 1.29 is 4.92 Å². The van der Waals surface area contributed by atoms with Gasteiger partial charge in [-0.05, 0) is 6.92 Å². The van der Waals surface area contributed by atoms with Gasteiger partial charge in [-0.15, -0.1) is 0 Å². The molecular formula is C8H11N3O2. The van der Waals surface area contributed by atoms with Gasteiger partial charge in [0.2, 0.25) is 5.70 Å². The van der Waals surface area contributed by atoms with E-state index in [0.717, 1.165) is 11.3 Å². The summed E-state index contributed by atoms with van der Waals surface area (Å²) < 4.78 is 1.68. The van der Waals surface area contributed by atoms with E-state index in [4.69, 9.17) is 0 Å². The van der Waals surface area contributed by atoms with Crippen LogP contribution in [0.4, 0.5) is 0 Å². The van der Waals surface area contributed by atoms with Crippen LogP contribution in [0, 0.1) is 17.0 Å². The van der Waals surface area contributed by atoms with Crippen molar-refractivity contribution in [2.75, 3.05) is 0 Å². The molecule has 1 rings (SSSR count). The molecule has 0 fully saturated rings. The minimum absolute atomic E-state index is 0.121. The average Bonchev–Trinajstić information content (AvgIpc) is 2.36. The van der Waals surface area contributed by atoms with E-state index in [1.807, 2.05) is 6.92 Å². The Balaban J connectivity index is 3.04. The zero-order valence-electron chi connectivity index (χ0n) is 7.81. The third-order valence-corrected chi connectivity index (χ3v) is 1.93. The van der Waals surface area contributed by atoms with Crippen LogP contribution in [0.5, 0.6) is 0 Å². The van der Waals surface area contributed by atoms with Crippen molar-refractivity contribution in [3.63, 3.8) is 0 Å². The average molecular weight is 181 g/mol. The van der Waals surface area contributed by atoms with Gasteiger partial charge in [0.15, 0.2) is 0 Å². The maximum Gasteiger partial charge on any atom is 0.243 e. The SMILES string of the molecule is CC(=Cc1cnn(C)c1C)[N+](=O)[O-]. The first-order chi connectivity index (χ1) is 6.02. The Morgan fingerprint density at radius 2 is 2.38 bits per heavy atom. The highest BCUT2D eigenvalue weighted by atomic mass is 16.6. The van der Waals surface area contributed by atoms with E-state index in [1.165, 1.54) is 13.0 Å². The van der Waals surface area contributed by atoms with Crippen LogP contribution in [0.25, 0.3) is 6.08 Å². The van der Waals surface area contributed by atoms with Gasteiger partial charge in [-0.2, -0.15) is 5.10 Å². The van der Waals surface area contributed by atoms with Gasteiger partial charge < -0.3 is 0 Å². The maximum absolute atomic E-state index is 10.3. The lowest BCUT2D eigenvalue weighted by Crippen LogP contribution is -1.95. The highest BCUT2D eigenvalue weighted by Gasteiger charge is 2.06. The molecule has 1 aromatic rings. The normalized spacial score (nSPS) is 11.8. The third kappa shape index (κ3) is 1.93. The van der Waals surface area contributed by atoms with Crippen LogP contribution in [-0.2, 0) is 7.05 Å². The van der Waals surface area contributed by atoms with Crippen LogP contribution in [0.15, 0.2) is 11.9 Å². The molecule has 0 aliphatic carbocycles. The van der Waals surface area contributed by atoms with Crippen molar-refractivity contribution in [1.29, 1.82) is 0 Å². The molecule has 5 heteroatoms. The Labute approximate surface area is 75.8 Å². The molecule has 1 aromatic heterocycles. The number of allylic oxidation sites excluding steroid dienone is 1. The lowest BCUT2D eigenvalue weighted by atomic mass is 10.2. The molecule has 0 radical (unpaired) electrons. The number of hydrogen-bond acceptors (Lipinski definition) is 3. The quantitative estimate of drug-likeness (QED) is 0.511. The zero-order chi connectivity index (χ0) is 10.0. The van der Waals surface area contributed by atoms with Gasteiger partial charge in [0, 0.05) is 31.3 Å². The van der Waals surface area contributed by atoms with E-state index in [9.17, 15) is 10.1 Å². The van der Waals surface area contributed by atoms with Crippen molar-refractivity contribution in [3.05, 3.63) is 33.3 Å². The van der Waals surface area contributed by atoms with Gasteiger partial charge in [-0.3, -0.25) is 14.8 Å². The van der Waals surface area contributed by atoms with E-state index in [-0.39, 0.29) is 5.70 Å². The molecule has 0 bridgehead atoms. The van der Waals surface area contributed by atoms with Gasteiger partial charge in [0.25, 0.3) is 0 Å². The fourth-order valence-electron chi connectivity index (χ4n) is 0.935. The summed E-state index contributed by atoms with van der Waals surface area (Å²) in [6.07, 6.45) is 3.13. The van der Waals surface area contributed by atoms with Crippen LogP contribution in [-0.4, -0.2) is 14.7 Å². The summed E-state index contributed by atoms with van der Waals surface area (Å²) in [5, 5.41) is 14.3. The number of rotatable bonds is 2. The molecule has 0 amide bonds. The van der Waals surface area contributed by atoms with Crippen molar-refractivity contribution in [3.8, 4) is 0 Å². The molecule has 1 heterocycles. The van der Waals surface area contributed by atoms with E-state index >= 15 is 0 Å². The van der Waals surface area contributed by atoms with Gasteiger partial charge in [-0.1, -0.05) is 0 Å². The molecule has 0 unspecified atom stereocenters. The monoisotopic (exact) mass is 181 g/mol. The minimum atomic E-state index is -0.410. The molecule has 0 saturated carbocycles. The number of aryl methyl sites for hydroxylation is 1. The highest BCUT2D eigenvalue weighted by Crippen LogP contribution is 2.10. The summed E-state index contributed by atoms with van der Waals surface area (Å²) in [4.78, 5) is 9.92. The summed E-state index contributed by atoms with van der Waals surface area (Å²) in [6, 6.07) is 0. The van der Waals surface area contributed by atoms with E-state index in [2.05, 4.69) is 5.10 Å². The van der Waals surface area contributed by atoms with Gasteiger partial charge in [0.05, 0.1) is 11.1 Å². The molecule has 13 heavy (non-hydrogen) atoms. The van der Waals surface area contributed by atoms with Gasteiger partial charge in [-0.25, -0.2) is 0 Å². The highest BCUT2D eigenvalue weighted by molar-refractivity contribution is 5.51. The Bertz CT molecular complexity index is 365. The first-order valence-corrected chi connectivity index (χ1v) is 3.83. The Hall–Kier alpha value is -1.65. The third-order valence-electron chi connectivity index (χ3n) is 1.93. The van der Waals surface area contributed by atoms with E-state index in [0.29, 0.717) is 0 Å². The van der Waals surface area contributed by atoms with Crippen LogP contribution in [0.2, 0.25) is 0 Å². The first kappa shape index (κ1) is 9.44. The molecular weight excluding hydrogens is 170 g/mol. The van der Waals surface area contributed by atoms with Gasteiger partial charge in [0.1, 0.15) is 0 Å². The van der Waals surface area contributed by atoms with Crippen LogP contribution in [0.1, 0.15) is 18.2 Å². The second kappa shape index (κ2) is 3.38. The number of hydrogen-bond donors (Lipinski definition) is 0. The van der Waals surface area contributed by atoms with Gasteiger partial charge >= 0.3 is 0 Å². The summed E-state index contributed by atoms with van der Waals surface area (Å²) in [7, 11) is 1.80. The number of aromatic nitrogens is 2. The molecule has 0 aliphatic heterocycles. The predicted octanol–water partition coefficient (Wildman–Crippen LogP) is 1.37. The van der Waals surface area contributed by atoms with E-state index < -0.39 is 4.92 Å². The van der Waals surface area contributed by atoms with Crippen molar-refractivity contribution in [1.82, 2.24) is 9.78 Å². The van der Waals surface area contributed by atoms with Crippen LogP contribution in [0.3, 0.4) is 0 Å². The Kier molecular flexibility index (Phi) is 2.46. The number of nitro groups is 1. The minimum Gasteiger partial charge on any atom is -0.272 e. The summed E-state index contributed by atoms with van der Waals surface area (Å²) >= 11 is 0. The number of nitrogens with zero attached hydrogens (tertiary/aromatic N) is 3. The molecule has 0 spiro atoms. The van der Waals surface area contributed by atoms with Crippen molar-refractivity contribution >= 4 is 6.08 Å². The fraction of sp³-hybridized carbons (Fsp3) is 0.375. The van der Waals surface area contributed by atoms with Crippen molar-refractivity contribution in [2.24, 2.45) is 7.05 Å². The fourth-order valence-corrected chi connectivity index (χ4v) is 0.935. The molecule has 0 aliphatic rings. The zero-order valence-corrected chi connectivity index (χ0v) is 7.81. The topological polar surface area (TPSA) is 61.0 Å². The molecule has 70 valence electrons. The molecule has 0 atom stereocenters. The Morgan fingerprint density at radius 3 is 2.77 bits per heavy atom. The summed E-state index contributed by atoms with van der Waals surface area (Å²) in [6.45, 7) is 3.33. The van der Waals surface area contributed by atoms with Crippen molar-refractivity contribution in [2.45, 2.75) is 13.8 Å².